The van der Waals surface area contributed by atoms with Gasteiger partial charge in [0.1, 0.15) is 0 Å². The molecular weight excluding hydrogens is 1390 g/mol. The number of fused-ring (bicyclic) bond motifs is 11. The standard InChI is InChI=1S/C81H114N4S4Se3/c1-8-12-16-20-24-26-27-28-29-30-31-32-33-35-39-43-47-63-53-67-66-49-58(6)90-80(66)81-70(79(67)91-63)56-73(92-81)78-62(50-60(45-41-37-23-19-15-11-4)46-42-38-34-25-21-17-13-9-2)52-72(87-78)69-55-65-64(75-77(69)85-89-83-75)54-68(76-74(65)82-88-84-76)71-51-61(59(7)86-71)48-57(5)44-40-36-22-18-14-10-3/h49,51-57,60H,8-48,50H2,1-7H3. The van der Waals surface area contributed by atoms with E-state index in [-0.39, 0.29) is 14.5 Å². The molecule has 0 aliphatic rings. The number of benzene rings is 3. The Bertz CT molecular complexity index is 3790. The summed E-state index contributed by atoms with van der Waals surface area (Å²) in [4.78, 5) is 5.66. The molecule has 10 aromatic rings. The van der Waals surface area contributed by atoms with Gasteiger partial charge in [-0.25, -0.2) is 0 Å². The van der Waals surface area contributed by atoms with Crippen molar-refractivity contribution < 1.29 is 0 Å². The van der Waals surface area contributed by atoms with Gasteiger partial charge in [-0.05, 0) is 24.8 Å². The van der Waals surface area contributed by atoms with Crippen LogP contribution in [0.15, 0.2) is 42.5 Å². The van der Waals surface area contributed by atoms with Crippen LogP contribution in [0.25, 0.3) is 92.0 Å². The fraction of sp³-hybridized carbons (Fsp3) is 0.630. The normalized spacial score (nSPS) is 12.9. The molecule has 2 atom stereocenters. The zero-order chi connectivity index (χ0) is 63.9. The number of hydrogen-bond donors (Lipinski definition) is 0. The Labute approximate surface area is 591 Å². The summed E-state index contributed by atoms with van der Waals surface area (Å²) in [6, 6.07) is 18.1. The van der Waals surface area contributed by atoms with Gasteiger partial charge in [0.2, 0.25) is 0 Å². The van der Waals surface area contributed by atoms with E-state index in [0.717, 1.165) is 33.9 Å². The van der Waals surface area contributed by atoms with Gasteiger partial charge in [0.25, 0.3) is 0 Å². The van der Waals surface area contributed by atoms with Crippen molar-refractivity contribution in [3.05, 3.63) is 67.3 Å². The second-order valence-electron chi connectivity index (χ2n) is 28.2. The van der Waals surface area contributed by atoms with Crippen LogP contribution in [-0.4, -0.2) is 61.0 Å². The molecule has 0 bridgehead atoms. The minimum absolute atomic E-state index is 0.256. The molecule has 0 radical (unpaired) electrons. The Hall–Kier alpha value is -2.26. The van der Waals surface area contributed by atoms with Crippen LogP contribution in [0.4, 0.5) is 0 Å². The number of aryl methyl sites for hydroxylation is 3. The summed E-state index contributed by atoms with van der Waals surface area (Å²) >= 11 is 7.82. The third-order valence-corrected chi connectivity index (χ3v) is 32.0. The summed E-state index contributed by atoms with van der Waals surface area (Å²) in [6.07, 6.45) is 57.9. The summed E-state index contributed by atoms with van der Waals surface area (Å²) in [6.45, 7) is 16.5. The van der Waals surface area contributed by atoms with Gasteiger partial charge in [-0.15, -0.1) is 0 Å². The van der Waals surface area contributed by atoms with Gasteiger partial charge < -0.3 is 0 Å². The maximum absolute atomic E-state index is 5.24. The van der Waals surface area contributed by atoms with Crippen molar-refractivity contribution in [2.75, 3.05) is 0 Å². The predicted octanol–water partition coefficient (Wildman–Crippen LogP) is 27.4. The molecule has 11 heteroatoms. The first-order valence-corrected chi connectivity index (χ1v) is 45.9. The summed E-state index contributed by atoms with van der Waals surface area (Å²) < 4.78 is 30.9. The Kier molecular flexibility index (Phi) is 30.5. The van der Waals surface area contributed by atoms with Crippen molar-refractivity contribution in [2.24, 2.45) is 11.8 Å². The van der Waals surface area contributed by atoms with E-state index in [2.05, 4.69) is 102 Å². The van der Waals surface area contributed by atoms with E-state index in [1.165, 1.54) is 323 Å². The van der Waals surface area contributed by atoms with Crippen LogP contribution in [0.2, 0.25) is 0 Å². The molecule has 0 saturated heterocycles. The molecule has 0 aliphatic heterocycles. The Morgan fingerprint density at radius 1 is 0.370 bits per heavy atom. The quantitative estimate of drug-likeness (QED) is 0.0282. The van der Waals surface area contributed by atoms with Crippen LogP contribution in [0, 0.1) is 25.7 Å². The second kappa shape index (κ2) is 38.8. The zero-order valence-electron chi connectivity index (χ0n) is 58.0. The SMILES string of the molecule is CCCCCCCCCCCCCCCCCCc1cc2c3cc(C)[se]c3c3[se]c(-c4sc(-c5cc6c(cc(-c7cc(CC(C)CCCCCCCC)c(C)s7)c7nsnc76)c6nsnc56)cc4CC(CCCCCCCC)CCCCCCCCCC)cc3c2[se]1. The average molecular weight is 1510 g/mol. The van der Waals surface area contributed by atoms with E-state index in [4.69, 9.17) is 17.5 Å². The van der Waals surface area contributed by atoms with E-state index in [1.807, 2.05) is 11.3 Å². The number of rotatable bonds is 47. The van der Waals surface area contributed by atoms with Crippen molar-refractivity contribution in [3.8, 4) is 30.2 Å². The predicted molar refractivity (Wildman–Crippen MR) is 417 cm³/mol. The van der Waals surface area contributed by atoms with E-state index in [1.54, 1.807) is 52.7 Å². The van der Waals surface area contributed by atoms with Gasteiger partial charge in [-0.3, -0.25) is 0 Å². The molecule has 0 fully saturated rings. The van der Waals surface area contributed by atoms with E-state index in [0.29, 0.717) is 40.8 Å². The first-order chi connectivity index (χ1) is 45.3. The molecule has 0 saturated carbocycles. The maximum atomic E-state index is 5.24. The van der Waals surface area contributed by atoms with Crippen molar-refractivity contribution in [2.45, 2.75) is 318 Å². The average Bonchev–Trinajstić information content (AvgIpc) is 1.55. The summed E-state index contributed by atoms with van der Waals surface area (Å²) in [5, 5.41) is 7.18. The molecule has 92 heavy (non-hydrogen) atoms. The van der Waals surface area contributed by atoms with Crippen molar-refractivity contribution in [1.29, 1.82) is 0 Å². The molecule has 0 aliphatic carbocycles. The molecule has 7 aromatic heterocycles. The first-order valence-electron chi connectivity index (χ1n) is 37.7. The molecule has 4 nitrogen and oxygen atoms in total. The van der Waals surface area contributed by atoms with E-state index >= 15 is 0 Å². The number of nitrogens with zero attached hydrogens (tertiary/aromatic N) is 4. The molecular formula is C81H114N4S4Se3. The molecule has 3 aromatic carbocycles. The Balaban J connectivity index is 0.935. The molecule has 0 amide bonds. The van der Waals surface area contributed by atoms with Crippen LogP contribution >= 0.6 is 46.1 Å². The fourth-order valence-electron chi connectivity index (χ4n) is 14.9. The molecule has 0 spiro atoms. The third-order valence-electron chi connectivity index (χ3n) is 20.4. The number of hydrogen-bond acceptors (Lipinski definition) is 8. The summed E-state index contributed by atoms with van der Waals surface area (Å²) in [7, 11) is 0. The molecule has 2 unspecified atom stereocenters. The van der Waals surface area contributed by atoms with Gasteiger partial charge in [0, 0.05) is 4.88 Å². The van der Waals surface area contributed by atoms with Crippen molar-refractivity contribution >= 4 is 151 Å². The van der Waals surface area contributed by atoms with E-state index < -0.39 is 0 Å². The van der Waals surface area contributed by atoms with Crippen molar-refractivity contribution in [3.63, 3.8) is 0 Å². The Morgan fingerprint density at radius 3 is 1.33 bits per heavy atom. The third kappa shape index (κ3) is 20.0. The van der Waals surface area contributed by atoms with Crippen LogP contribution in [-0.2, 0) is 19.3 Å². The molecule has 7 heterocycles. The van der Waals surface area contributed by atoms with Crippen LogP contribution in [0.5, 0.6) is 0 Å². The van der Waals surface area contributed by atoms with Crippen LogP contribution in [0.3, 0.4) is 0 Å². The fourth-order valence-corrected chi connectivity index (χ4v) is 26.9. The zero-order valence-corrected chi connectivity index (χ0v) is 66.4. The summed E-state index contributed by atoms with van der Waals surface area (Å²) in [5.41, 5.74) is 9.63. The topological polar surface area (TPSA) is 51.6 Å². The van der Waals surface area contributed by atoms with Gasteiger partial charge in [-0.1, -0.05) is 131 Å². The Morgan fingerprint density at radius 2 is 0.804 bits per heavy atom. The number of thiophene rings is 2. The molecule has 0 N–H and O–H groups in total. The number of unbranched alkanes of at least 4 members (excludes halogenated alkanes) is 32. The summed E-state index contributed by atoms with van der Waals surface area (Å²) in [5.74, 6) is 1.38. The van der Waals surface area contributed by atoms with Gasteiger partial charge in [0.15, 0.2) is 0 Å². The van der Waals surface area contributed by atoms with Crippen LogP contribution in [0.1, 0.15) is 310 Å². The van der Waals surface area contributed by atoms with Crippen LogP contribution < -0.4 is 0 Å². The van der Waals surface area contributed by atoms with Gasteiger partial charge in [-0.2, -0.15) is 0 Å². The monoisotopic (exact) mass is 1510 g/mol. The number of aromatic nitrogens is 4. The van der Waals surface area contributed by atoms with Gasteiger partial charge >= 0.3 is 436 Å². The minimum atomic E-state index is 0.256. The van der Waals surface area contributed by atoms with Gasteiger partial charge in [0.05, 0.1) is 0 Å². The first kappa shape index (κ1) is 72.5. The molecule has 10 rings (SSSR count). The van der Waals surface area contributed by atoms with E-state index in [9.17, 15) is 0 Å². The van der Waals surface area contributed by atoms with Crippen molar-refractivity contribution in [1.82, 2.24) is 17.5 Å². The molecule has 500 valence electrons. The second-order valence-corrected chi connectivity index (χ2v) is 38.8.